The lowest BCUT2D eigenvalue weighted by atomic mass is 10.2. The van der Waals surface area contributed by atoms with Crippen LogP contribution in [0.4, 0.5) is 0 Å². The minimum Gasteiger partial charge on any atom is -0.497 e. The number of imidazole rings is 1. The first-order chi connectivity index (χ1) is 13.2. The zero-order valence-electron chi connectivity index (χ0n) is 14.9. The summed E-state index contributed by atoms with van der Waals surface area (Å²) in [6.45, 7) is 2.00. The van der Waals surface area contributed by atoms with E-state index in [-0.39, 0.29) is 10.8 Å². The number of rotatable bonds is 5. The molecule has 0 aliphatic rings. The number of para-hydroxylation sites is 1. The third kappa shape index (κ3) is 3.46. The molecule has 0 saturated carbocycles. The Bertz CT molecular complexity index is 1130. The fraction of sp³-hybridized carbons (Fsp3) is 0.150. The van der Waals surface area contributed by atoms with Gasteiger partial charge in [-0.05, 0) is 43.3 Å². The number of fused-ring (bicyclic) bond motifs is 1. The van der Waals surface area contributed by atoms with Crippen LogP contribution in [0.15, 0.2) is 70.9 Å². The highest BCUT2D eigenvalue weighted by atomic mass is 32.2. The van der Waals surface area contributed by atoms with Crippen LogP contribution in [0.3, 0.4) is 0 Å². The minimum absolute atomic E-state index is 0.0679. The van der Waals surface area contributed by atoms with E-state index in [0.29, 0.717) is 16.7 Å². The van der Waals surface area contributed by atoms with Gasteiger partial charge in [0.25, 0.3) is 5.56 Å². The Morgan fingerprint density at radius 1 is 1.15 bits per heavy atom. The van der Waals surface area contributed by atoms with E-state index in [1.54, 1.807) is 19.4 Å². The number of thioether (sulfide) groups is 1. The summed E-state index contributed by atoms with van der Waals surface area (Å²) in [7, 11) is 1.65. The Labute approximate surface area is 160 Å². The first-order valence-corrected chi connectivity index (χ1v) is 9.37. The predicted molar refractivity (Wildman–Crippen MR) is 107 cm³/mol. The molecule has 6 nitrogen and oxygen atoms in total. The normalized spacial score (nSPS) is 12.2. The van der Waals surface area contributed by atoms with E-state index in [1.807, 2.05) is 60.2 Å². The molecule has 0 aliphatic heterocycles. The van der Waals surface area contributed by atoms with Crippen LogP contribution < -0.4 is 10.3 Å². The molecule has 4 aromatic rings. The minimum atomic E-state index is -0.124. The van der Waals surface area contributed by atoms with Gasteiger partial charge in [-0.1, -0.05) is 23.9 Å². The van der Waals surface area contributed by atoms with Crippen molar-refractivity contribution in [3.8, 4) is 11.4 Å². The quantitative estimate of drug-likeness (QED) is 0.532. The Kier molecular flexibility index (Phi) is 4.68. The zero-order chi connectivity index (χ0) is 18.8. The number of H-pyrrole nitrogens is 1. The van der Waals surface area contributed by atoms with Gasteiger partial charge in [0.2, 0.25) is 0 Å². The topological polar surface area (TPSA) is 72.8 Å². The van der Waals surface area contributed by atoms with Gasteiger partial charge in [-0.25, -0.2) is 9.97 Å². The van der Waals surface area contributed by atoms with Crippen molar-refractivity contribution >= 4 is 22.7 Å². The van der Waals surface area contributed by atoms with Crippen LogP contribution in [-0.4, -0.2) is 26.6 Å². The fourth-order valence-electron chi connectivity index (χ4n) is 2.83. The van der Waals surface area contributed by atoms with Crippen molar-refractivity contribution in [1.29, 1.82) is 0 Å². The molecule has 0 aliphatic carbocycles. The molecule has 0 spiro atoms. The standard InChI is InChI=1S/C20H18N4O2S/c1-13(18-22-17-6-4-3-5-16(17)19(25)23-18)27-20-21-11-12-24(20)14-7-9-15(26-2)10-8-14/h3-13H,1-2H3,(H,22,23,25). The highest BCUT2D eigenvalue weighted by Crippen LogP contribution is 2.33. The maximum absolute atomic E-state index is 12.3. The summed E-state index contributed by atoms with van der Waals surface area (Å²) in [5.41, 5.74) is 1.56. The lowest BCUT2D eigenvalue weighted by Gasteiger charge is -2.13. The van der Waals surface area contributed by atoms with Gasteiger partial charge in [0.1, 0.15) is 11.6 Å². The van der Waals surface area contributed by atoms with Crippen LogP contribution >= 0.6 is 11.8 Å². The van der Waals surface area contributed by atoms with Crippen molar-refractivity contribution in [1.82, 2.24) is 19.5 Å². The summed E-state index contributed by atoms with van der Waals surface area (Å²) in [5.74, 6) is 1.44. The lowest BCUT2D eigenvalue weighted by Crippen LogP contribution is -2.13. The summed E-state index contributed by atoms with van der Waals surface area (Å²) in [6, 6.07) is 15.1. The second kappa shape index (κ2) is 7.28. The number of aromatic nitrogens is 4. The fourth-order valence-corrected chi connectivity index (χ4v) is 3.77. The summed E-state index contributed by atoms with van der Waals surface area (Å²) >= 11 is 1.54. The van der Waals surface area contributed by atoms with E-state index >= 15 is 0 Å². The van der Waals surface area contributed by atoms with E-state index in [1.165, 1.54) is 11.8 Å². The number of methoxy groups -OCH3 is 1. The van der Waals surface area contributed by atoms with Gasteiger partial charge in [0.15, 0.2) is 5.16 Å². The van der Waals surface area contributed by atoms with E-state index in [4.69, 9.17) is 4.74 Å². The molecule has 136 valence electrons. The number of hydrogen-bond acceptors (Lipinski definition) is 5. The number of aromatic amines is 1. The Morgan fingerprint density at radius 2 is 1.93 bits per heavy atom. The maximum atomic E-state index is 12.3. The average molecular weight is 378 g/mol. The number of nitrogens with zero attached hydrogens (tertiary/aromatic N) is 3. The molecule has 7 heteroatoms. The molecule has 2 aromatic carbocycles. The van der Waals surface area contributed by atoms with Crippen LogP contribution in [0, 0.1) is 0 Å². The number of ether oxygens (including phenoxy) is 1. The van der Waals surface area contributed by atoms with Gasteiger partial charge in [0, 0.05) is 18.1 Å². The molecule has 1 unspecified atom stereocenters. The van der Waals surface area contributed by atoms with Crippen molar-refractivity contribution in [3.63, 3.8) is 0 Å². The SMILES string of the molecule is COc1ccc(-n2ccnc2SC(C)c2nc3ccccc3c(=O)[nH]2)cc1. The monoisotopic (exact) mass is 378 g/mol. The van der Waals surface area contributed by atoms with Crippen molar-refractivity contribution in [2.45, 2.75) is 17.3 Å². The number of nitrogens with one attached hydrogen (secondary N) is 1. The summed E-state index contributed by atoms with van der Waals surface area (Å²) in [6.07, 6.45) is 3.67. The van der Waals surface area contributed by atoms with E-state index in [0.717, 1.165) is 16.6 Å². The van der Waals surface area contributed by atoms with Crippen LogP contribution in [0.2, 0.25) is 0 Å². The molecular weight excluding hydrogens is 360 g/mol. The molecule has 27 heavy (non-hydrogen) atoms. The van der Waals surface area contributed by atoms with Crippen LogP contribution in [0.5, 0.6) is 5.75 Å². The molecule has 0 fully saturated rings. The van der Waals surface area contributed by atoms with Crippen LogP contribution in [0.1, 0.15) is 18.0 Å². The molecular formula is C20H18N4O2S. The number of hydrogen-bond donors (Lipinski definition) is 1. The average Bonchev–Trinajstić information content (AvgIpc) is 3.16. The van der Waals surface area contributed by atoms with Crippen LogP contribution in [-0.2, 0) is 0 Å². The maximum Gasteiger partial charge on any atom is 0.258 e. The lowest BCUT2D eigenvalue weighted by molar-refractivity contribution is 0.414. The van der Waals surface area contributed by atoms with Crippen LogP contribution in [0.25, 0.3) is 16.6 Å². The Morgan fingerprint density at radius 3 is 2.70 bits per heavy atom. The van der Waals surface area contributed by atoms with Crippen molar-refractivity contribution in [2.24, 2.45) is 0 Å². The molecule has 0 radical (unpaired) electrons. The van der Waals surface area contributed by atoms with Gasteiger partial charge in [-0.15, -0.1) is 0 Å². The highest BCUT2D eigenvalue weighted by molar-refractivity contribution is 7.99. The molecule has 2 aromatic heterocycles. The second-order valence-corrected chi connectivity index (χ2v) is 7.31. The first-order valence-electron chi connectivity index (χ1n) is 8.49. The molecule has 4 rings (SSSR count). The molecule has 1 atom stereocenters. The largest absolute Gasteiger partial charge is 0.497 e. The van der Waals surface area contributed by atoms with Gasteiger partial charge in [0.05, 0.1) is 23.3 Å². The summed E-state index contributed by atoms with van der Waals surface area (Å²) in [4.78, 5) is 24.3. The molecule has 0 amide bonds. The van der Waals surface area contributed by atoms with E-state index in [2.05, 4.69) is 15.0 Å². The Balaban J connectivity index is 1.63. The molecule has 1 N–H and O–H groups in total. The van der Waals surface area contributed by atoms with E-state index in [9.17, 15) is 4.79 Å². The first kappa shape index (κ1) is 17.4. The van der Waals surface area contributed by atoms with Gasteiger partial charge < -0.3 is 9.72 Å². The third-order valence-electron chi connectivity index (χ3n) is 4.26. The van der Waals surface area contributed by atoms with Gasteiger partial charge in [-0.2, -0.15) is 0 Å². The smallest absolute Gasteiger partial charge is 0.258 e. The second-order valence-electron chi connectivity index (χ2n) is 6.01. The predicted octanol–water partition coefficient (Wildman–Crippen LogP) is 3.97. The third-order valence-corrected chi connectivity index (χ3v) is 5.35. The van der Waals surface area contributed by atoms with Crippen molar-refractivity contribution in [3.05, 3.63) is 77.1 Å². The molecule has 2 heterocycles. The zero-order valence-corrected chi connectivity index (χ0v) is 15.7. The highest BCUT2D eigenvalue weighted by Gasteiger charge is 2.16. The van der Waals surface area contributed by atoms with Gasteiger partial charge in [-0.3, -0.25) is 9.36 Å². The molecule has 0 bridgehead atoms. The van der Waals surface area contributed by atoms with E-state index < -0.39 is 0 Å². The van der Waals surface area contributed by atoms with Gasteiger partial charge >= 0.3 is 0 Å². The molecule has 0 saturated heterocycles. The van der Waals surface area contributed by atoms with Crippen molar-refractivity contribution < 1.29 is 4.74 Å². The van der Waals surface area contributed by atoms with Crippen molar-refractivity contribution in [2.75, 3.05) is 7.11 Å². The Hall–Kier alpha value is -3.06. The number of benzene rings is 2. The summed E-state index contributed by atoms with van der Waals surface area (Å²) < 4.78 is 7.21. The summed E-state index contributed by atoms with van der Waals surface area (Å²) in [5, 5.41) is 1.35.